The molecule has 0 N–H and O–H groups in total. The van der Waals surface area contributed by atoms with Gasteiger partial charge in [-0.2, -0.15) is 5.10 Å². The maximum Gasteiger partial charge on any atom is 0.147 e. The van der Waals surface area contributed by atoms with Gasteiger partial charge in [0.05, 0.1) is 6.54 Å². The molecule has 2 heterocycles. The van der Waals surface area contributed by atoms with Gasteiger partial charge in [0.1, 0.15) is 35.5 Å². The average molecular weight is 364 g/mol. The van der Waals surface area contributed by atoms with Gasteiger partial charge in [-0.25, -0.2) is 18.4 Å². The number of epoxide rings is 1. The Labute approximate surface area is 148 Å². The van der Waals surface area contributed by atoms with Gasteiger partial charge in [0.25, 0.3) is 0 Å². The Hall–Kier alpha value is -2.05. The van der Waals surface area contributed by atoms with Crippen LogP contribution in [0.15, 0.2) is 47.3 Å². The summed E-state index contributed by atoms with van der Waals surface area (Å²) in [6.45, 7) is 2.08. The van der Waals surface area contributed by atoms with Crippen LogP contribution in [0.25, 0.3) is 0 Å². The molecule has 0 radical (unpaired) electrons. The summed E-state index contributed by atoms with van der Waals surface area (Å²) in [4.78, 5) is 4.10. The van der Waals surface area contributed by atoms with Gasteiger partial charge in [0.2, 0.25) is 0 Å². The normalized spacial score (nSPS) is 25.5. The quantitative estimate of drug-likeness (QED) is 0.771. The third-order valence-electron chi connectivity index (χ3n) is 4.70. The van der Waals surface area contributed by atoms with E-state index in [0.717, 1.165) is 24.5 Å². The van der Waals surface area contributed by atoms with E-state index in [-0.39, 0.29) is 6.54 Å². The number of aryl methyl sites for hydroxylation is 1. The zero-order chi connectivity index (χ0) is 17.6. The number of hydrogen-bond donors (Lipinski definition) is 0. The minimum atomic E-state index is -0.979. The van der Waals surface area contributed by atoms with Gasteiger partial charge >= 0.3 is 0 Å². The van der Waals surface area contributed by atoms with Gasteiger partial charge < -0.3 is 4.74 Å². The summed E-state index contributed by atoms with van der Waals surface area (Å²) >= 11 is 6.37. The topological polar surface area (TPSA) is 43.2 Å². The molecule has 4 nitrogen and oxygen atoms in total. The fraction of sp³-hybridized carbons (Fsp3) is 0.333. The molecule has 2 unspecified atom stereocenters. The van der Waals surface area contributed by atoms with Crippen molar-refractivity contribution in [1.82, 2.24) is 14.8 Å². The monoisotopic (exact) mass is 363 g/mol. The van der Waals surface area contributed by atoms with Crippen molar-refractivity contribution in [3.05, 3.63) is 70.3 Å². The van der Waals surface area contributed by atoms with Crippen LogP contribution in [-0.4, -0.2) is 20.9 Å². The highest BCUT2D eigenvalue weighted by molar-refractivity contribution is 6.30. The minimum Gasteiger partial charge on any atom is -0.354 e. The number of nitrogens with zero attached hydrogens (tertiary/aromatic N) is 3. The third-order valence-corrected chi connectivity index (χ3v) is 5.11. The van der Waals surface area contributed by atoms with E-state index in [1.54, 1.807) is 4.68 Å². The van der Waals surface area contributed by atoms with Crippen molar-refractivity contribution in [2.75, 3.05) is 0 Å². The van der Waals surface area contributed by atoms with E-state index in [9.17, 15) is 8.78 Å². The Bertz CT molecular complexity index is 892. The average Bonchev–Trinajstić information content (AvgIpc) is 3.14. The second-order valence-corrected chi connectivity index (χ2v) is 6.73. The lowest BCUT2D eigenvalue weighted by atomic mass is 9.89. The number of hydrogen-bond acceptors (Lipinski definition) is 3. The highest BCUT2D eigenvalue weighted by atomic mass is 35.5. The van der Waals surface area contributed by atoms with E-state index in [1.165, 1.54) is 18.5 Å². The van der Waals surface area contributed by atoms with Crippen molar-refractivity contribution in [3.63, 3.8) is 0 Å². The van der Waals surface area contributed by atoms with Crippen molar-refractivity contribution in [2.45, 2.75) is 38.0 Å². The lowest BCUT2D eigenvalue weighted by Crippen LogP contribution is -2.25. The van der Waals surface area contributed by atoms with Crippen LogP contribution in [0.2, 0.25) is 0 Å². The zero-order valence-electron chi connectivity index (χ0n) is 13.5. The molecule has 0 amide bonds. The standard InChI is InChI=1S/C18H16ClF2N3O/c1-11-22-10-23-24(11)9-18(14-7-6-12(20)8-16(14)21)17(25-18)13-4-2-3-5-15(13)19/h2,4,6-8,10,17H,3,5,9H2,1H3. The zero-order valence-corrected chi connectivity index (χ0v) is 14.3. The Balaban J connectivity index is 1.78. The Kier molecular flexibility index (Phi) is 3.96. The fourth-order valence-corrected chi connectivity index (χ4v) is 3.59. The van der Waals surface area contributed by atoms with Crippen LogP contribution in [0.5, 0.6) is 0 Å². The SMILES string of the molecule is Cc1ncnn1CC1(c2ccc(F)cc2F)OC1C1=C(Cl)CCC=C1. The molecule has 130 valence electrons. The first-order valence-electron chi connectivity index (χ1n) is 8.04. The number of benzene rings is 1. The van der Waals surface area contributed by atoms with E-state index in [4.69, 9.17) is 16.3 Å². The molecule has 2 aliphatic rings. The summed E-state index contributed by atoms with van der Waals surface area (Å²) in [6, 6.07) is 3.54. The number of rotatable bonds is 4. The third kappa shape index (κ3) is 2.79. The number of ether oxygens (including phenoxy) is 1. The van der Waals surface area contributed by atoms with Crippen LogP contribution < -0.4 is 0 Å². The molecule has 7 heteroatoms. The predicted octanol–water partition coefficient (Wildman–Crippen LogP) is 4.00. The van der Waals surface area contributed by atoms with Gasteiger partial charge in [0, 0.05) is 16.7 Å². The molecule has 1 aromatic heterocycles. The van der Waals surface area contributed by atoms with Gasteiger partial charge in [-0.1, -0.05) is 29.8 Å². The molecule has 1 aliphatic carbocycles. The molecule has 1 fully saturated rings. The first-order valence-corrected chi connectivity index (χ1v) is 8.42. The van der Waals surface area contributed by atoms with E-state index in [1.807, 2.05) is 19.1 Å². The van der Waals surface area contributed by atoms with Crippen LogP contribution in [0.1, 0.15) is 24.2 Å². The summed E-state index contributed by atoms with van der Waals surface area (Å²) in [5, 5.41) is 4.89. The van der Waals surface area contributed by atoms with Crippen molar-refractivity contribution in [3.8, 4) is 0 Å². The molecule has 4 rings (SSSR count). The molecule has 1 aliphatic heterocycles. The molecule has 2 aromatic rings. The van der Waals surface area contributed by atoms with E-state index in [0.29, 0.717) is 16.4 Å². The lowest BCUT2D eigenvalue weighted by Gasteiger charge is -2.17. The molecule has 0 spiro atoms. The van der Waals surface area contributed by atoms with Crippen LogP contribution in [-0.2, 0) is 16.9 Å². The van der Waals surface area contributed by atoms with Crippen molar-refractivity contribution in [2.24, 2.45) is 0 Å². The summed E-state index contributed by atoms with van der Waals surface area (Å²) < 4.78 is 35.5. The summed E-state index contributed by atoms with van der Waals surface area (Å²) in [7, 11) is 0. The predicted molar refractivity (Wildman–Crippen MR) is 88.9 cm³/mol. The van der Waals surface area contributed by atoms with Crippen LogP contribution in [0.4, 0.5) is 8.78 Å². The maximum absolute atomic E-state index is 14.5. The Morgan fingerprint density at radius 2 is 2.24 bits per heavy atom. The van der Waals surface area contributed by atoms with Crippen LogP contribution >= 0.6 is 11.6 Å². The van der Waals surface area contributed by atoms with Gasteiger partial charge in [-0.3, -0.25) is 0 Å². The first-order chi connectivity index (χ1) is 12.0. The summed E-state index contributed by atoms with van der Waals surface area (Å²) in [5.41, 5.74) is 0.159. The van der Waals surface area contributed by atoms with E-state index >= 15 is 0 Å². The van der Waals surface area contributed by atoms with E-state index in [2.05, 4.69) is 10.1 Å². The minimum absolute atomic E-state index is 0.271. The Morgan fingerprint density at radius 3 is 2.92 bits per heavy atom. The molecule has 1 saturated heterocycles. The van der Waals surface area contributed by atoms with Gasteiger partial charge in [0.15, 0.2) is 0 Å². The van der Waals surface area contributed by atoms with E-state index < -0.39 is 23.3 Å². The smallest absolute Gasteiger partial charge is 0.147 e. The van der Waals surface area contributed by atoms with Crippen LogP contribution in [0, 0.1) is 18.6 Å². The second-order valence-electron chi connectivity index (χ2n) is 6.28. The largest absolute Gasteiger partial charge is 0.354 e. The van der Waals surface area contributed by atoms with Gasteiger partial charge in [-0.15, -0.1) is 0 Å². The summed E-state index contributed by atoms with van der Waals surface area (Å²) in [5.74, 6) is -0.576. The number of halogens is 3. The second kappa shape index (κ2) is 6.04. The molecular formula is C18H16ClF2N3O. The lowest BCUT2D eigenvalue weighted by molar-refractivity contribution is 0.257. The highest BCUT2D eigenvalue weighted by Gasteiger charge is 2.61. The molecule has 0 saturated carbocycles. The Morgan fingerprint density at radius 1 is 1.40 bits per heavy atom. The van der Waals surface area contributed by atoms with Crippen molar-refractivity contribution in [1.29, 1.82) is 0 Å². The van der Waals surface area contributed by atoms with Crippen LogP contribution in [0.3, 0.4) is 0 Å². The number of allylic oxidation sites excluding steroid dienone is 2. The fourth-order valence-electron chi connectivity index (χ4n) is 3.32. The molecule has 25 heavy (non-hydrogen) atoms. The van der Waals surface area contributed by atoms with Gasteiger partial charge in [-0.05, 0) is 31.4 Å². The maximum atomic E-state index is 14.5. The first kappa shape index (κ1) is 16.4. The molecule has 2 atom stereocenters. The summed E-state index contributed by atoms with van der Waals surface area (Å²) in [6.07, 6.45) is 6.59. The highest BCUT2D eigenvalue weighted by Crippen LogP contribution is 2.53. The van der Waals surface area contributed by atoms with Crippen molar-refractivity contribution >= 4 is 11.6 Å². The number of aromatic nitrogens is 3. The molecule has 1 aromatic carbocycles. The van der Waals surface area contributed by atoms with Crippen molar-refractivity contribution < 1.29 is 13.5 Å². The molecular weight excluding hydrogens is 348 g/mol. The molecule has 0 bridgehead atoms.